The molecule has 5 rings (SSSR count). The van der Waals surface area contributed by atoms with E-state index < -0.39 is 29.0 Å². The van der Waals surface area contributed by atoms with Crippen LogP contribution in [0.4, 0.5) is 18.9 Å². The number of benzene rings is 3. The fourth-order valence-corrected chi connectivity index (χ4v) is 3.89. The highest BCUT2D eigenvalue weighted by Crippen LogP contribution is 2.46. The fourth-order valence-electron chi connectivity index (χ4n) is 3.89. The van der Waals surface area contributed by atoms with Crippen LogP contribution in [0, 0.1) is 5.41 Å². The lowest BCUT2D eigenvalue weighted by molar-refractivity contribution is -0.184. The molecule has 0 aromatic heterocycles. The van der Waals surface area contributed by atoms with Crippen LogP contribution in [0.3, 0.4) is 0 Å². The third-order valence-corrected chi connectivity index (χ3v) is 6.52. The Balaban J connectivity index is 1.26. The Bertz CT molecular complexity index is 1360. The molecule has 0 spiro atoms. The Morgan fingerprint density at radius 2 is 1.58 bits per heavy atom. The number of carbonyl (C=O) groups excluding carboxylic acids is 3. The predicted octanol–water partition coefficient (Wildman–Crippen LogP) is 5.84. The van der Waals surface area contributed by atoms with Gasteiger partial charge in [-0.2, -0.15) is 18.2 Å². The molecule has 6 nitrogen and oxygen atoms in total. The molecule has 1 aliphatic heterocycles. The molecule has 3 aromatic rings. The molecule has 3 aromatic carbocycles. The largest absolute Gasteiger partial charge is 0.416 e. The number of hydrogen-bond donors (Lipinski definition) is 1. The van der Waals surface area contributed by atoms with Crippen molar-refractivity contribution in [1.29, 1.82) is 0 Å². The summed E-state index contributed by atoms with van der Waals surface area (Å²) in [5, 5.41) is 3.75. The highest BCUT2D eigenvalue weighted by Gasteiger charge is 2.48. The van der Waals surface area contributed by atoms with Crippen LogP contribution in [-0.4, -0.2) is 22.8 Å². The number of hydroxylamine groups is 2. The van der Waals surface area contributed by atoms with Crippen LogP contribution in [0.2, 0.25) is 0 Å². The van der Waals surface area contributed by atoms with E-state index in [0.29, 0.717) is 11.3 Å². The molecule has 2 amide bonds. The first-order valence-corrected chi connectivity index (χ1v) is 11.3. The zero-order valence-electron chi connectivity index (χ0n) is 19.2. The van der Waals surface area contributed by atoms with Gasteiger partial charge in [0.05, 0.1) is 17.5 Å². The second-order valence-corrected chi connectivity index (χ2v) is 9.26. The van der Waals surface area contributed by atoms with E-state index in [1.165, 1.54) is 0 Å². The van der Waals surface area contributed by atoms with Crippen LogP contribution < -0.4 is 5.32 Å². The molecule has 2 aliphatic rings. The molecular formula is C27H21F3N2O4. The smallest absolute Gasteiger partial charge is 0.337 e. The van der Waals surface area contributed by atoms with E-state index in [1.54, 1.807) is 30.3 Å². The minimum atomic E-state index is -4.47. The van der Waals surface area contributed by atoms with Crippen LogP contribution in [0.25, 0.3) is 11.1 Å². The van der Waals surface area contributed by atoms with Crippen molar-refractivity contribution in [2.75, 3.05) is 5.32 Å². The molecule has 9 heteroatoms. The molecule has 1 saturated carbocycles. The molecule has 1 N–H and O–H groups in total. The first-order valence-electron chi connectivity index (χ1n) is 11.3. The molecule has 0 unspecified atom stereocenters. The number of halogens is 3. The highest BCUT2D eigenvalue weighted by atomic mass is 19.4. The van der Waals surface area contributed by atoms with E-state index in [0.717, 1.165) is 58.9 Å². The number of nitrogens with one attached hydrogen (secondary N) is 1. The van der Waals surface area contributed by atoms with E-state index in [9.17, 15) is 27.6 Å². The Morgan fingerprint density at radius 3 is 2.19 bits per heavy atom. The summed E-state index contributed by atoms with van der Waals surface area (Å²) in [5.41, 5.74) is 2.03. The number of amides is 2. The number of anilines is 1. The number of carbonyl (C=O) groups is 3. The van der Waals surface area contributed by atoms with Crippen LogP contribution in [0.5, 0.6) is 0 Å². The standard InChI is InChI=1S/C27H21F3N2O4/c1-26(12-13-26)25(35)36-32-15-19-3-2-18(14-22(19)24(32)34)16-6-10-21(11-7-16)31-23(33)17-4-8-20(9-5-17)27(28,29)30/h2-11,14H,12-13,15H2,1H3,(H,31,33). The monoisotopic (exact) mass is 494 g/mol. The fraction of sp³-hybridized carbons (Fsp3) is 0.222. The van der Waals surface area contributed by atoms with Crippen molar-refractivity contribution >= 4 is 23.5 Å². The van der Waals surface area contributed by atoms with Gasteiger partial charge in [0.25, 0.3) is 11.8 Å². The zero-order chi connectivity index (χ0) is 25.7. The summed E-state index contributed by atoms with van der Waals surface area (Å²) in [7, 11) is 0. The van der Waals surface area contributed by atoms with Gasteiger partial charge in [0.15, 0.2) is 0 Å². The van der Waals surface area contributed by atoms with Crippen LogP contribution in [0.15, 0.2) is 66.7 Å². The van der Waals surface area contributed by atoms with Crippen molar-refractivity contribution in [3.8, 4) is 11.1 Å². The number of hydrogen-bond acceptors (Lipinski definition) is 4. The lowest BCUT2D eigenvalue weighted by Gasteiger charge is -2.17. The lowest BCUT2D eigenvalue weighted by atomic mass is 10.00. The topological polar surface area (TPSA) is 75.7 Å². The summed E-state index contributed by atoms with van der Waals surface area (Å²) in [4.78, 5) is 42.8. The van der Waals surface area contributed by atoms with Gasteiger partial charge in [0, 0.05) is 16.8 Å². The second kappa shape index (κ2) is 8.51. The third kappa shape index (κ3) is 4.56. The highest BCUT2D eigenvalue weighted by molar-refractivity contribution is 6.04. The summed E-state index contributed by atoms with van der Waals surface area (Å²) >= 11 is 0. The number of fused-ring (bicyclic) bond motifs is 1. The maximum atomic E-state index is 12.8. The second-order valence-electron chi connectivity index (χ2n) is 9.26. The Hall–Kier alpha value is -4.14. The van der Waals surface area contributed by atoms with E-state index in [-0.39, 0.29) is 18.0 Å². The van der Waals surface area contributed by atoms with E-state index in [1.807, 2.05) is 19.1 Å². The maximum Gasteiger partial charge on any atom is 0.416 e. The van der Waals surface area contributed by atoms with Gasteiger partial charge in [-0.3, -0.25) is 9.59 Å². The molecule has 36 heavy (non-hydrogen) atoms. The van der Waals surface area contributed by atoms with Crippen molar-refractivity contribution in [3.63, 3.8) is 0 Å². The first-order chi connectivity index (χ1) is 17.0. The van der Waals surface area contributed by atoms with Gasteiger partial charge in [0.1, 0.15) is 0 Å². The number of nitrogens with zero attached hydrogens (tertiary/aromatic N) is 1. The molecule has 1 heterocycles. The Labute approximate surface area is 204 Å². The van der Waals surface area contributed by atoms with Crippen molar-refractivity contribution in [2.45, 2.75) is 32.5 Å². The van der Waals surface area contributed by atoms with E-state index >= 15 is 0 Å². The molecule has 184 valence electrons. The SMILES string of the molecule is CC1(C(=O)ON2Cc3ccc(-c4ccc(NC(=O)c5ccc(C(F)(F)F)cc5)cc4)cc3C2=O)CC1. The summed E-state index contributed by atoms with van der Waals surface area (Å²) in [6, 6.07) is 16.2. The predicted molar refractivity (Wildman–Crippen MR) is 125 cm³/mol. The number of alkyl halides is 3. The summed E-state index contributed by atoms with van der Waals surface area (Å²) in [5.74, 6) is -1.29. The normalized spacial score (nSPS) is 15.9. The van der Waals surface area contributed by atoms with Gasteiger partial charge >= 0.3 is 12.1 Å². The van der Waals surface area contributed by atoms with Gasteiger partial charge < -0.3 is 10.2 Å². The van der Waals surface area contributed by atoms with Crippen LogP contribution in [0.1, 0.15) is 51.6 Å². The van der Waals surface area contributed by atoms with Crippen molar-refractivity contribution in [1.82, 2.24) is 5.06 Å². The molecule has 0 bridgehead atoms. The van der Waals surface area contributed by atoms with E-state index in [4.69, 9.17) is 4.84 Å². The lowest BCUT2D eigenvalue weighted by Crippen LogP contribution is -2.31. The minimum absolute atomic E-state index is 0.102. The summed E-state index contributed by atoms with van der Waals surface area (Å²) in [6.45, 7) is 2.02. The quantitative estimate of drug-likeness (QED) is 0.484. The molecule has 0 radical (unpaired) electrons. The molecule has 0 atom stereocenters. The van der Waals surface area contributed by atoms with Crippen molar-refractivity contribution < 1.29 is 32.4 Å². The molecular weight excluding hydrogens is 473 g/mol. The average molecular weight is 494 g/mol. The summed E-state index contributed by atoms with van der Waals surface area (Å²) in [6.07, 6.45) is -2.96. The van der Waals surface area contributed by atoms with Crippen LogP contribution >= 0.6 is 0 Å². The molecule has 1 aliphatic carbocycles. The van der Waals surface area contributed by atoms with Gasteiger partial charge in [-0.25, -0.2) is 4.79 Å². The maximum absolute atomic E-state index is 12.8. The van der Waals surface area contributed by atoms with Gasteiger partial charge in [-0.1, -0.05) is 24.3 Å². The molecule has 0 saturated heterocycles. The van der Waals surface area contributed by atoms with Gasteiger partial charge in [0.2, 0.25) is 0 Å². The van der Waals surface area contributed by atoms with E-state index in [2.05, 4.69) is 5.32 Å². The molecule has 1 fully saturated rings. The number of rotatable bonds is 5. The van der Waals surface area contributed by atoms with Crippen LogP contribution in [-0.2, 0) is 22.4 Å². The summed E-state index contributed by atoms with van der Waals surface area (Å²) < 4.78 is 38.1. The minimum Gasteiger partial charge on any atom is -0.337 e. The van der Waals surface area contributed by atoms with Gasteiger partial charge in [-0.05, 0) is 78.9 Å². The van der Waals surface area contributed by atoms with Crippen molar-refractivity contribution in [2.24, 2.45) is 5.41 Å². The third-order valence-electron chi connectivity index (χ3n) is 6.52. The Morgan fingerprint density at radius 1 is 0.944 bits per heavy atom. The van der Waals surface area contributed by atoms with Gasteiger partial charge in [-0.15, -0.1) is 0 Å². The average Bonchev–Trinajstić information content (AvgIpc) is 3.54. The van der Waals surface area contributed by atoms with Crippen molar-refractivity contribution in [3.05, 3.63) is 89.0 Å². The zero-order valence-corrected chi connectivity index (χ0v) is 19.2. The Kier molecular flexibility index (Phi) is 5.58. The first kappa shape index (κ1) is 23.6.